The lowest BCUT2D eigenvalue weighted by molar-refractivity contribution is 0.0693. The summed E-state index contributed by atoms with van der Waals surface area (Å²) in [4.78, 5) is 26.7. The summed E-state index contributed by atoms with van der Waals surface area (Å²) in [6.07, 6.45) is 0. The molecule has 1 heterocycles. The van der Waals surface area contributed by atoms with E-state index in [0.717, 1.165) is 5.01 Å². The van der Waals surface area contributed by atoms with Crippen LogP contribution in [0.1, 0.15) is 25.9 Å². The van der Waals surface area contributed by atoms with Crippen molar-refractivity contribution in [2.24, 2.45) is 0 Å². The number of anilines is 1. The number of phenols is 1. The number of carboxylic acid groups (broad SMARTS) is 1. The van der Waals surface area contributed by atoms with Crippen LogP contribution in [0.4, 0.5) is 5.69 Å². The van der Waals surface area contributed by atoms with Gasteiger partial charge in [0.2, 0.25) is 0 Å². The van der Waals surface area contributed by atoms with E-state index in [1.807, 2.05) is 0 Å². The number of hydrogen-bond acceptors (Lipinski definition) is 5. The summed E-state index contributed by atoms with van der Waals surface area (Å²) in [6, 6.07) is 4.10. The molecule has 0 aliphatic carbocycles. The molecule has 3 N–H and O–H groups in total. The number of aryl methyl sites for hydroxylation is 1. The number of carbonyl (C=O) groups is 2. The number of aromatic carboxylic acids is 1. The highest BCUT2D eigenvalue weighted by molar-refractivity contribution is 7.09. The summed E-state index contributed by atoms with van der Waals surface area (Å²) in [5.41, 5.74) is -0.00885. The average Bonchev–Trinajstić information content (AvgIpc) is 2.78. The lowest BCUT2D eigenvalue weighted by Crippen LogP contribution is -2.13. The van der Waals surface area contributed by atoms with Crippen LogP contribution in [0.3, 0.4) is 0 Å². The van der Waals surface area contributed by atoms with Gasteiger partial charge >= 0.3 is 5.97 Å². The van der Waals surface area contributed by atoms with Crippen LogP contribution in [0.5, 0.6) is 5.75 Å². The number of carbonyl (C=O) groups excluding carboxylic acids is 1. The molecule has 0 spiro atoms. The zero-order valence-corrected chi connectivity index (χ0v) is 10.7. The van der Waals surface area contributed by atoms with Gasteiger partial charge in [0.15, 0.2) is 5.75 Å². The molecule has 19 heavy (non-hydrogen) atoms. The number of aromatic nitrogens is 1. The number of amides is 1. The fourth-order valence-corrected chi connectivity index (χ4v) is 2.06. The molecule has 1 amide bonds. The third-order valence-electron chi connectivity index (χ3n) is 2.37. The fourth-order valence-electron chi connectivity index (χ4n) is 1.47. The van der Waals surface area contributed by atoms with Crippen molar-refractivity contribution in [1.29, 1.82) is 0 Å². The van der Waals surface area contributed by atoms with Gasteiger partial charge < -0.3 is 15.5 Å². The SMILES string of the molecule is Cc1nc(C(=O)Nc2cccc(C(=O)O)c2O)cs1. The highest BCUT2D eigenvalue weighted by Gasteiger charge is 2.16. The van der Waals surface area contributed by atoms with Crippen LogP contribution in [0.25, 0.3) is 0 Å². The third kappa shape index (κ3) is 2.71. The van der Waals surface area contributed by atoms with Crippen molar-refractivity contribution in [3.05, 3.63) is 39.8 Å². The number of aromatic hydroxyl groups is 1. The van der Waals surface area contributed by atoms with Crippen LogP contribution in [0.15, 0.2) is 23.6 Å². The molecule has 1 aromatic heterocycles. The van der Waals surface area contributed by atoms with Gasteiger partial charge in [-0.15, -0.1) is 11.3 Å². The van der Waals surface area contributed by atoms with Crippen molar-refractivity contribution in [3.63, 3.8) is 0 Å². The number of hydrogen-bond donors (Lipinski definition) is 3. The Hall–Kier alpha value is -2.41. The first-order valence-corrected chi connectivity index (χ1v) is 6.15. The van der Waals surface area contributed by atoms with Gasteiger partial charge in [-0.1, -0.05) is 6.07 Å². The van der Waals surface area contributed by atoms with Gasteiger partial charge in [-0.3, -0.25) is 4.79 Å². The molecule has 7 heteroatoms. The molecule has 0 atom stereocenters. The summed E-state index contributed by atoms with van der Waals surface area (Å²) in [5.74, 6) is -2.24. The van der Waals surface area contributed by atoms with Gasteiger partial charge in [0, 0.05) is 5.38 Å². The smallest absolute Gasteiger partial charge is 0.339 e. The molecule has 2 aromatic rings. The van der Waals surface area contributed by atoms with E-state index in [2.05, 4.69) is 10.3 Å². The van der Waals surface area contributed by atoms with E-state index in [1.54, 1.807) is 12.3 Å². The van der Waals surface area contributed by atoms with Crippen LogP contribution in [-0.4, -0.2) is 27.1 Å². The van der Waals surface area contributed by atoms with E-state index in [0.29, 0.717) is 0 Å². The number of nitrogens with zero attached hydrogens (tertiary/aromatic N) is 1. The molecule has 1 aromatic carbocycles. The number of rotatable bonds is 3. The second-order valence-electron chi connectivity index (χ2n) is 3.71. The topological polar surface area (TPSA) is 99.5 Å². The Bertz CT molecular complexity index is 651. The van der Waals surface area contributed by atoms with E-state index >= 15 is 0 Å². The zero-order valence-electron chi connectivity index (χ0n) is 9.88. The Morgan fingerprint density at radius 3 is 2.68 bits per heavy atom. The van der Waals surface area contributed by atoms with E-state index in [-0.39, 0.29) is 16.9 Å². The van der Waals surface area contributed by atoms with E-state index in [4.69, 9.17) is 5.11 Å². The number of thiazole rings is 1. The summed E-state index contributed by atoms with van der Waals surface area (Å²) < 4.78 is 0. The minimum atomic E-state index is -1.27. The Balaban J connectivity index is 2.27. The minimum Gasteiger partial charge on any atom is -0.505 e. The monoisotopic (exact) mass is 278 g/mol. The van der Waals surface area contributed by atoms with Crippen LogP contribution < -0.4 is 5.32 Å². The van der Waals surface area contributed by atoms with Crippen LogP contribution in [0, 0.1) is 6.92 Å². The maximum atomic E-state index is 11.8. The normalized spacial score (nSPS) is 10.2. The van der Waals surface area contributed by atoms with Gasteiger partial charge in [-0.05, 0) is 19.1 Å². The molecule has 0 saturated heterocycles. The first-order valence-electron chi connectivity index (χ1n) is 5.28. The van der Waals surface area contributed by atoms with E-state index in [9.17, 15) is 14.7 Å². The zero-order chi connectivity index (χ0) is 14.0. The molecule has 0 aliphatic rings. The molecule has 0 aliphatic heterocycles. The second-order valence-corrected chi connectivity index (χ2v) is 4.78. The Morgan fingerprint density at radius 1 is 1.37 bits per heavy atom. The standard InChI is InChI=1S/C12H10N2O4S/c1-6-13-9(5-19-6)11(16)14-8-4-2-3-7(10(8)15)12(17)18/h2-5,15H,1H3,(H,14,16)(H,17,18). The number of nitrogens with one attached hydrogen (secondary N) is 1. The highest BCUT2D eigenvalue weighted by atomic mass is 32.1. The molecule has 98 valence electrons. The summed E-state index contributed by atoms with van der Waals surface area (Å²) >= 11 is 1.33. The molecule has 0 bridgehead atoms. The summed E-state index contributed by atoms with van der Waals surface area (Å²) in [6.45, 7) is 1.77. The van der Waals surface area contributed by atoms with Crippen molar-refractivity contribution in [2.75, 3.05) is 5.32 Å². The van der Waals surface area contributed by atoms with Gasteiger partial charge in [-0.2, -0.15) is 0 Å². The van der Waals surface area contributed by atoms with E-state index in [1.165, 1.54) is 29.5 Å². The molecule has 0 saturated carbocycles. The molecular formula is C12H10N2O4S. The van der Waals surface area contributed by atoms with Crippen molar-refractivity contribution in [3.8, 4) is 5.75 Å². The van der Waals surface area contributed by atoms with Crippen molar-refractivity contribution < 1.29 is 19.8 Å². The average molecular weight is 278 g/mol. The molecular weight excluding hydrogens is 268 g/mol. The quantitative estimate of drug-likeness (QED) is 0.747. The number of para-hydroxylation sites is 1. The fraction of sp³-hybridized carbons (Fsp3) is 0.0833. The van der Waals surface area contributed by atoms with Gasteiger partial charge in [0.1, 0.15) is 11.3 Å². The number of benzene rings is 1. The van der Waals surface area contributed by atoms with Crippen LogP contribution in [0.2, 0.25) is 0 Å². The maximum absolute atomic E-state index is 11.8. The largest absolute Gasteiger partial charge is 0.505 e. The van der Waals surface area contributed by atoms with Crippen molar-refractivity contribution in [2.45, 2.75) is 6.92 Å². The van der Waals surface area contributed by atoms with Crippen molar-refractivity contribution >= 4 is 28.9 Å². The molecule has 0 fully saturated rings. The lowest BCUT2D eigenvalue weighted by Gasteiger charge is -2.07. The first-order chi connectivity index (χ1) is 8.99. The predicted octanol–water partition coefficient (Wildman–Crippen LogP) is 2.11. The van der Waals surface area contributed by atoms with Crippen molar-refractivity contribution in [1.82, 2.24) is 4.98 Å². The Labute approximate surface area is 112 Å². The second kappa shape index (κ2) is 5.07. The highest BCUT2D eigenvalue weighted by Crippen LogP contribution is 2.27. The van der Waals surface area contributed by atoms with Crippen LogP contribution >= 0.6 is 11.3 Å². The minimum absolute atomic E-state index is 0.0375. The third-order valence-corrected chi connectivity index (χ3v) is 3.14. The first kappa shape index (κ1) is 13.0. The molecule has 2 rings (SSSR count). The van der Waals surface area contributed by atoms with Crippen LogP contribution in [-0.2, 0) is 0 Å². The summed E-state index contributed by atoms with van der Waals surface area (Å²) in [5, 5.41) is 23.4. The summed E-state index contributed by atoms with van der Waals surface area (Å²) in [7, 11) is 0. The Kier molecular flexibility index (Phi) is 3.48. The Morgan fingerprint density at radius 2 is 2.11 bits per heavy atom. The predicted molar refractivity (Wildman–Crippen MR) is 69.9 cm³/mol. The maximum Gasteiger partial charge on any atom is 0.339 e. The molecule has 6 nitrogen and oxygen atoms in total. The van der Waals surface area contributed by atoms with E-state index < -0.39 is 17.6 Å². The molecule has 0 unspecified atom stereocenters. The number of carboxylic acids is 1. The van der Waals surface area contributed by atoms with Gasteiger partial charge in [-0.25, -0.2) is 9.78 Å². The van der Waals surface area contributed by atoms with Gasteiger partial charge in [0.25, 0.3) is 5.91 Å². The van der Waals surface area contributed by atoms with Gasteiger partial charge in [0.05, 0.1) is 10.7 Å². The lowest BCUT2D eigenvalue weighted by atomic mass is 10.1. The molecule has 0 radical (unpaired) electrons.